The van der Waals surface area contributed by atoms with Gasteiger partial charge in [-0.2, -0.15) is 0 Å². The zero-order valence-corrected chi connectivity index (χ0v) is 11.2. The molecule has 0 bridgehead atoms. The lowest BCUT2D eigenvalue weighted by Gasteiger charge is -2.13. The van der Waals surface area contributed by atoms with E-state index in [0.717, 1.165) is 5.56 Å². The monoisotopic (exact) mass is 284 g/mol. The molecule has 1 aromatic heterocycles. The second-order valence-electron chi connectivity index (χ2n) is 4.79. The van der Waals surface area contributed by atoms with Crippen LogP contribution < -0.4 is 0 Å². The van der Waals surface area contributed by atoms with Gasteiger partial charge in [-0.25, -0.2) is 23.1 Å². The smallest absolute Gasteiger partial charge is 0.160 e. The van der Waals surface area contributed by atoms with Gasteiger partial charge in [0.05, 0.1) is 16.6 Å². The van der Waals surface area contributed by atoms with Crippen LogP contribution in [0.2, 0.25) is 0 Å². The van der Waals surface area contributed by atoms with Crippen molar-refractivity contribution in [2.24, 2.45) is 0 Å². The van der Waals surface area contributed by atoms with Crippen LogP contribution in [-0.2, 0) is 6.42 Å². The summed E-state index contributed by atoms with van der Waals surface area (Å²) in [5.74, 6) is 0.304. The Bertz CT molecular complexity index is 628. The number of halogens is 3. The van der Waals surface area contributed by atoms with E-state index in [2.05, 4.69) is 9.97 Å². The average molecular weight is 284 g/mol. The minimum atomic E-state index is -2.19. The predicted molar refractivity (Wildman–Crippen MR) is 70.1 cm³/mol. The molecule has 0 aliphatic rings. The van der Waals surface area contributed by atoms with Crippen molar-refractivity contribution in [2.75, 3.05) is 6.67 Å². The van der Waals surface area contributed by atoms with Crippen molar-refractivity contribution in [1.82, 2.24) is 9.97 Å². The Morgan fingerprint density at radius 2 is 1.85 bits per heavy atom. The van der Waals surface area contributed by atoms with E-state index < -0.39 is 25.4 Å². The summed E-state index contributed by atoms with van der Waals surface area (Å²) in [6.07, 6.45) is -4.59. The molecule has 0 amide bonds. The van der Waals surface area contributed by atoms with Crippen molar-refractivity contribution >= 4 is 10.9 Å². The second kappa shape index (κ2) is 5.64. The molecule has 2 rings (SSSR count). The molecule has 0 radical (unpaired) electrons. The van der Waals surface area contributed by atoms with Gasteiger partial charge in [-0.05, 0) is 31.5 Å². The molecule has 3 nitrogen and oxygen atoms in total. The van der Waals surface area contributed by atoms with Gasteiger partial charge < -0.3 is 5.11 Å². The fraction of sp³-hybridized carbons (Fsp3) is 0.429. The van der Waals surface area contributed by atoms with E-state index >= 15 is 0 Å². The summed E-state index contributed by atoms with van der Waals surface area (Å²) in [4.78, 5) is 8.22. The molecule has 2 unspecified atom stereocenters. The standard InChI is InChI=1S/C14H15F3N2O/c1-7-3-11-14(13(20)4-7)12(19-8(2)18-11)5-9(16)10(17)6-15/h3-4,9-10,20H,5-6H2,1-2H3. The number of aromatic hydroxyl groups is 1. The van der Waals surface area contributed by atoms with Crippen molar-refractivity contribution in [2.45, 2.75) is 32.6 Å². The molecule has 0 spiro atoms. The van der Waals surface area contributed by atoms with Gasteiger partial charge in [0, 0.05) is 6.42 Å². The fourth-order valence-corrected chi connectivity index (χ4v) is 2.14. The van der Waals surface area contributed by atoms with Gasteiger partial charge in [0.25, 0.3) is 0 Å². The summed E-state index contributed by atoms with van der Waals surface area (Å²) in [6, 6.07) is 3.22. The highest BCUT2D eigenvalue weighted by Gasteiger charge is 2.23. The fourth-order valence-electron chi connectivity index (χ4n) is 2.14. The Morgan fingerprint density at radius 1 is 1.15 bits per heavy atom. The maximum atomic E-state index is 13.6. The van der Waals surface area contributed by atoms with Gasteiger partial charge in [-0.15, -0.1) is 0 Å². The summed E-state index contributed by atoms with van der Waals surface area (Å²) < 4.78 is 38.8. The molecule has 108 valence electrons. The van der Waals surface area contributed by atoms with Gasteiger partial charge >= 0.3 is 0 Å². The van der Waals surface area contributed by atoms with E-state index in [4.69, 9.17) is 0 Å². The number of fused-ring (bicyclic) bond motifs is 1. The molecular weight excluding hydrogens is 269 g/mol. The van der Waals surface area contributed by atoms with E-state index in [1.807, 2.05) is 0 Å². The molecule has 0 saturated heterocycles. The van der Waals surface area contributed by atoms with Crippen LogP contribution in [0.15, 0.2) is 12.1 Å². The van der Waals surface area contributed by atoms with Gasteiger partial charge in [0.2, 0.25) is 0 Å². The minimum absolute atomic E-state index is 0.0853. The summed E-state index contributed by atoms with van der Waals surface area (Å²) in [5.41, 5.74) is 1.45. The number of rotatable bonds is 4. The van der Waals surface area contributed by atoms with Crippen LogP contribution in [0.1, 0.15) is 17.1 Å². The van der Waals surface area contributed by atoms with Crippen molar-refractivity contribution in [3.05, 3.63) is 29.2 Å². The zero-order valence-electron chi connectivity index (χ0n) is 11.2. The van der Waals surface area contributed by atoms with Crippen molar-refractivity contribution in [3.63, 3.8) is 0 Å². The number of nitrogens with zero attached hydrogens (tertiary/aromatic N) is 2. The third kappa shape index (κ3) is 2.84. The van der Waals surface area contributed by atoms with E-state index in [9.17, 15) is 18.3 Å². The first kappa shape index (κ1) is 14.6. The van der Waals surface area contributed by atoms with Crippen LogP contribution in [0.25, 0.3) is 10.9 Å². The molecular formula is C14H15F3N2O. The second-order valence-corrected chi connectivity index (χ2v) is 4.79. The van der Waals surface area contributed by atoms with E-state index in [1.54, 1.807) is 19.9 Å². The molecule has 1 heterocycles. The first-order valence-corrected chi connectivity index (χ1v) is 6.23. The number of aromatic nitrogens is 2. The molecule has 2 atom stereocenters. The highest BCUT2D eigenvalue weighted by Crippen LogP contribution is 2.29. The Hall–Kier alpha value is -1.85. The number of alkyl halides is 3. The minimum Gasteiger partial charge on any atom is -0.507 e. The molecule has 6 heteroatoms. The Kier molecular flexibility index (Phi) is 4.11. The molecule has 2 aromatic rings. The SMILES string of the molecule is Cc1cc(O)c2c(CC(F)C(F)CF)nc(C)nc2c1. The number of benzene rings is 1. The Morgan fingerprint density at radius 3 is 2.50 bits per heavy atom. The lowest BCUT2D eigenvalue weighted by atomic mass is 10.0. The normalized spacial score (nSPS) is 14.4. The Balaban J connectivity index is 2.52. The molecule has 20 heavy (non-hydrogen) atoms. The first-order chi connectivity index (χ1) is 9.42. The molecule has 0 aliphatic carbocycles. The molecule has 1 N–H and O–H groups in total. The number of phenolic OH excluding ortho intramolecular Hbond substituents is 1. The zero-order chi connectivity index (χ0) is 14.9. The first-order valence-electron chi connectivity index (χ1n) is 6.23. The van der Waals surface area contributed by atoms with Gasteiger partial charge in [-0.1, -0.05) is 0 Å². The maximum Gasteiger partial charge on any atom is 0.160 e. The van der Waals surface area contributed by atoms with Crippen LogP contribution in [0.4, 0.5) is 13.2 Å². The third-order valence-electron chi connectivity index (χ3n) is 3.04. The molecule has 0 saturated carbocycles. The van der Waals surface area contributed by atoms with Gasteiger partial charge in [-0.3, -0.25) is 0 Å². The maximum absolute atomic E-state index is 13.6. The highest BCUT2D eigenvalue weighted by molar-refractivity contribution is 5.87. The predicted octanol–water partition coefficient (Wildman–Crippen LogP) is 3.14. The number of hydrogen-bond acceptors (Lipinski definition) is 3. The van der Waals surface area contributed by atoms with Gasteiger partial charge in [0.15, 0.2) is 6.17 Å². The van der Waals surface area contributed by atoms with Gasteiger partial charge in [0.1, 0.15) is 24.4 Å². The van der Waals surface area contributed by atoms with Crippen molar-refractivity contribution < 1.29 is 18.3 Å². The molecule has 0 aliphatic heterocycles. The van der Waals surface area contributed by atoms with Crippen LogP contribution in [0, 0.1) is 13.8 Å². The quantitative estimate of drug-likeness (QED) is 0.938. The topological polar surface area (TPSA) is 46.0 Å². The summed E-state index contributed by atoms with van der Waals surface area (Å²) in [7, 11) is 0. The van der Waals surface area contributed by atoms with E-state index in [-0.39, 0.29) is 16.8 Å². The van der Waals surface area contributed by atoms with Crippen LogP contribution in [-0.4, -0.2) is 34.1 Å². The van der Waals surface area contributed by atoms with Crippen molar-refractivity contribution in [3.8, 4) is 5.75 Å². The lowest BCUT2D eigenvalue weighted by Crippen LogP contribution is -2.22. The highest BCUT2D eigenvalue weighted by atomic mass is 19.2. The number of aryl methyl sites for hydroxylation is 2. The summed E-state index contributed by atoms with van der Waals surface area (Å²) >= 11 is 0. The Labute approximate surface area is 114 Å². The third-order valence-corrected chi connectivity index (χ3v) is 3.04. The number of hydrogen-bond donors (Lipinski definition) is 1. The molecule has 1 aromatic carbocycles. The van der Waals surface area contributed by atoms with E-state index in [1.165, 1.54) is 6.07 Å². The summed E-state index contributed by atoms with van der Waals surface area (Å²) in [6.45, 7) is 2.03. The van der Waals surface area contributed by atoms with E-state index in [0.29, 0.717) is 11.3 Å². The van der Waals surface area contributed by atoms with Crippen LogP contribution >= 0.6 is 0 Å². The number of phenols is 1. The van der Waals surface area contributed by atoms with Crippen LogP contribution in [0.5, 0.6) is 5.75 Å². The average Bonchev–Trinajstić information content (AvgIpc) is 2.35. The lowest BCUT2D eigenvalue weighted by molar-refractivity contribution is 0.136. The van der Waals surface area contributed by atoms with Crippen LogP contribution in [0.3, 0.4) is 0 Å². The van der Waals surface area contributed by atoms with Crippen molar-refractivity contribution in [1.29, 1.82) is 0 Å². The molecule has 0 fully saturated rings. The summed E-state index contributed by atoms with van der Waals surface area (Å²) in [5, 5.41) is 10.2. The largest absolute Gasteiger partial charge is 0.507 e.